The van der Waals surface area contributed by atoms with Crippen molar-refractivity contribution in [1.29, 1.82) is 0 Å². The monoisotopic (exact) mass is 511 g/mol. The molecule has 9 nitrogen and oxygen atoms in total. The summed E-state index contributed by atoms with van der Waals surface area (Å²) >= 11 is 0. The summed E-state index contributed by atoms with van der Waals surface area (Å²) in [7, 11) is 5.50. The van der Waals surface area contributed by atoms with Gasteiger partial charge in [0, 0.05) is 78.9 Å². The molecule has 2 aromatic heterocycles. The van der Waals surface area contributed by atoms with Crippen LogP contribution in [0.15, 0.2) is 73.6 Å². The van der Waals surface area contributed by atoms with Gasteiger partial charge in [-0.25, -0.2) is 9.97 Å². The molecular weight excluding hydrogens is 478 g/mol. The second-order valence-electron chi connectivity index (χ2n) is 8.76. The highest BCUT2D eigenvalue weighted by molar-refractivity contribution is 5.95. The lowest BCUT2D eigenvalue weighted by atomic mass is 10.1. The van der Waals surface area contributed by atoms with Crippen LogP contribution in [0.4, 0.5) is 17.3 Å². The summed E-state index contributed by atoms with van der Waals surface area (Å²) in [5, 5.41) is 7.55. The van der Waals surface area contributed by atoms with Gasteiger partial charge in [-0.1, -0.05) is 24.3 Å². The van der Waals surface area contributed by atoms with Crippen LogP contribution in [-0.4, -0.2) is 54.7 Å². The number of fused-ring (bicyclic) bond motifs is 1. The number of methoxy groups -OCH3 is 1. The van der Waals surface area contributed by atoms with Crippen LogP contribution in [0.5, 0.6) is 5.75 Å². The van der Waals surface area contributed by atoms with Gasteiger partial charge in [-0.15, -0.1) is 6.58 Å². The Morgan fingerprint density at radius 2 is 2.08 bits per heavy atom. The molecule has 196 valence electrons. The van der Waals surface area contributed by atoms with Crippen LogP contribution in [0.25, 0.3) is 28.2 Å². The minimum Gasteiger partial charge on any atom is -0.494 e. The van der Waals surface area contributed by atoms with Gasteiger partial charge in [-0.3, -0.25) is 4.79 Å². The largest absolute Gasteiger partial charge is 0.494 e. The van der Waals surface area contributed by atoms with Crippen molar-refractivity contribution in [2.45, 2.75) is 6.54 Å². The van der Waals surface area contributed by atoms with Crippen LogP contribution in [0, 0.1) is 0 Å². The molecule has 0 radical (unpaired) electrons. The van der Waals surface area contributed by atoms with E-state index in [1.54, 1.807) is 19.4 Å². The third-order valence-electron chi connectivity index (χ3n) is 6.18. The number of nitrogens with two attached hydrogens (primary N) is 1. The number of benzene rings is 2. The van der Waals surface area contributed by atoms with Crippen LogP contribution in [0.3, 0.4) is 0 Å². The van der Waals surface area contributed by atoms with E-state index < -0.39 is 5.91 Å². The van der Waals surface area contributed by atoms with Crippen LogP contribution < -0.4 is 26.0 Å². The molecule has 0 saturated heterocycles. The minimum absolute atomic E-state index is 0.419. The molecule has 9 heteroatoms. The minimum atomic E-state index is -0.522. The molecule has 0 aliphatic carbocycles. The summed E-state index contributed by atoms with van der Waals surface area (Å²) in [5.74, 6) is 0.511. The number of allylic oxidation sites excluding steroid dienone is 1. The number of para-hydroxylation sites is 1. The van der Waals surface area contributed by atoms with Crippen molar-refractivity contribution in [3.63, 3.8) is 0 Å². The van der Waals surface area contributed by atoms with E-state index in [1.165, 1.54) is 6.08 Å². The molecule has 0 fully saturated rings. The molecule has 1 amide bonds. The lowest BCUT2D eigenvalue weighted by molar-refractivity contribution is -0.113. The highest BCUT2D eigenvalue weighted by atomic mass is 16.5. The summed E-state index contributed by atoms with van der Waals surface area (Å²) in [6.07, 6.45) is 8.73. The summed E-state index contributed by atoms with van der Waals surface area (Å²) in [6.45, 7) is 6.13. The van der Waals surface area contributed by atoms with E-state index in [0.29, 0.717) is 23.9 Å². The Balaban J connectivity index is 1.73. The molecule has 0 unspecified atom stereocenters. The fourth-order valence-corrected chi connectivity index (χ4v) is 4.32. The molecule has 4 aromatic rings. The number of hydrogen-bond donors (Lipinski definition) is 3. The highest BCUT2D eigenvalue weighted by Gasteiger charge is 2.15. The van der Waals surface area contributed by atoms with E-state index in [9.17, 15) is 4.79 Å². The lowest BCUT2D eigenvalue weighted by Crippen LogP contribution is -2.27. The van der Waals surface area contributed by atoms with Gasteiger partial charge in [-0.05, 0) is 31.3 Å². The molecule has 0 aliphatic rings. The fraction of sp³-hybridized carbons (Fsp3) is 0.207. The lowest BCUT2D eigenvalue weighted by Gasteiger charge is -2.23. The molecule has 2 aromatic carbocycles. The van der Waals surface area contributed by atoms with Crippen LogP contribution >= 0.6 is 0 Å². The predicted molar refractivity (Wildman–Crippen MR) is 155 cm³/mol. The molecule has 4 rings (SSSR count). The van der Waals surface area contributed by atoms with Crippen LogP contribution in [-0.2, 0) is 11.3 Å². The first kappa shape index (κ1) is 26.4. The number of ether oxygens (including phenoxy) is 1. The first-order valence-corrected chi connectivity index (χ1v) is 12.3. The van der Waals surface area contributed by atoms with E-state index in [2.05, 4.69) is 50.0 Å². The van der Waals surface area contributed by atoms with Crippen molar-refractivity contribution in [3.05, 3.63) is 79.2 Å². The Labute approximate surface area is 222 Å². The molecule has 0 atom stereocenters. The van der Waals surface area contributed by atoms with Crippen molar-refractivity contribution in [2.75, 3.05) is 44.5 Å². The average Bonchev–Trinajstić information content (AvgIpc) is 3.29. The number of carbonyl (C=O) groups is 1. The molecular formula is C29H33N7O2. The highest BCUT2D eigenvalue weighted by Crippen LogP contribution is 2.36. The Kier molecular flexibility index (Phi) is 8.40. The number of carbonyl (C=O) groups excluding carboxylic acids is 1. The number of rotatable bonds is 12. The van der Waals surface area contributed by atoms with E-state index in [4.69, 9.17) is 15.5 Å². The van der Waals surface area contributed by atoms with Gasteiger partial charge in [0.25, 0.3) is 0 Å². The van der Waals surface area contributed by atoms with Gasteiger partial charge in [0.15, 0.2) is 0 Å². The Hall–Kier alpha value is -4.63. The maximum absolute atomic E-state index is 11.5. The maximum Gasteiger partial charge on any atom is 0.241 e. The normalized spacial score (nSPS) is 11.1. The maximum atomic E-state index is 11.5. The van der Waals surface area contributed by atoms with Gasteiger partial charge >= 0.3 is 0 Å². The number of nitrogens with zero attached hydrogens (tertiary/aromatic N) is 4. The van der Waals surface area contributed by atoms with Gasteiger partial charge in [0.05, 0.1) is 18.5 Å². The zero-order chi connectivity index (χ0) is 27.1. The fourth-order valence-electron chi connectivity index (χ4n) is 4.32. The Bertz CT molecular complexity index is 1480. The third-order valence-corrected chi connectivity index (χ3v) is 6.18. The molecule has 2 heterocycles. The zero-order valence-electron chi connectivity index (χ0n) is 21.9. The number of hydrogen-bond acceptors (Lipinski definition) is 7. The number of anilines is 3. The van der Waals surface area contributed by atoms with Crippen molar-refractivity contribution in [2.24, 2.45) is 5.73 Å². The van der Waals surface area contributed by atoms with Crippen molar-refractivity contribution in [3.8, 4) is 17.0 Å². The van der Waals surface area contributed by atoms with E-state index in [-0.39, 0.29) is 0 Å². The average molecular weight is 512 g/mol. The number of nitrogens with one attached hydrogen (secondary N) is 2. The molecule has 0 bridgehead atoms. The third kappa shape index (κ3) is 5.84. The number of likely N-dealkylation sites (N-methyl/N-ethyl adjacent to an activating group) is 2. The van der Waals surface area contributed by atoms with Crippen LogP contribution in [0.1, 0.15) is 5.56 Å². The van der Waals surface area contributed by atoms with E-state index in [0.717, 1.165) is 46.5 Å². The quantitative estimate of drug-likeness (QED) is 0.193. The number of amides is 1. The first-order valence-electron chi connectivity index (χ1n) is 12.3. The van der Waals surface area contributed by atoms with E-state index in [1.807, 2.05) is 50.5 Å². The summed E-state index contributed by atoms with van der Waals surface area (Å²) < 4.78 is 7.86. The van der Waals surface area contributed by atoms with Crippen molar-refractivity contribution >= 4 is 40.2 Å². The standard InChI is InChI=1S/C29H33N7O2/c1-5-15-36-19-22(21-8-6-7-9-25(21)36)23-12-13-32-29(33-23)34-24-17-20(10-11-28(30)37)26(18-27(24)38-4)35(3)16-14-31-2/h5-13,17-19,31H,1,14-16H2,2-4H3,(H2,30,37)(H,32,33,34). The molecule has 4 N–H and O–H groups in total. The SMILES string of the molecule is C=CCn1cc(-c2ccnc(Nc3cc(C=CC(N)=O)c(N(C)CCNC)cc3OC)n2)c2ccccc21. The molecule has 0 aliphatic heterocycles. The Morgan fingerprint density at radius 1 is 1.26 bits per heavy atom. The summed E-state index contributed by atoms with van der Waals surface area (Å²) in [5.41, 5.74) is 10.6. The number of primary amides is 1. The van der Waals surface area contributed by atoms with Crippen molar-refractivity contribution in [1.82, 2.24) is 19.9 Å². The number of aromatic nitrogens is 3. The smallest absolute Gasteiger partial charge is 0.241 e. The van der Waals surface area contributed by atoms with Gasteiger partial charge in [0.1, 0.15) is 5.75 Å². The summed E-state index contributed by atoms with van der Waals surface area (Å²) in [4.78, 5) is 22.8. The Morgan fingerprint density at radius 3 is 2.82 bits per heavy atom. The molecule has 38 heavy (non-hydrogen) atoms. The zero-order valence-corrected chi connectivity index (χ0v) is 21.9. The second-order valence-corrected chi connectivity index (χ2v) is 8.76. The predicted octanol–water partition coefficient (Wildman–Crippen LogP) is 4.19. The molecule has 0 saturated carbocycles. The van der Waals surface area contributed by atoms with Gasteiger partial charge in [-0.2, -0.15) is 0 Å². The van der Waals surface area contributed by atoms with Gasteiger partial charge in [0.2, 0.25) is 11.9 Å². The topological polar surface area (TPSA) is 110 Å². The first-order chi connectivity index (χ1) is 18.4. The van der Waals surface area contributed by atoms with E-state index >= 15 is 0 Å². The molecule has 0 spiro atoms. The van der Waals surface area contributed by atoms with Gasteiger partial charge < -0.3 is 30.6 Å². The summed E-state index contributed by atoms with van der Waals surface area (Å²) in [6, 6.07) is 13.9. The second kappa shape index (κ2) is 12.1. The van der Waals surface area contributed by atoms with Crippen LogP contribution in [0.2, 0.25) is 0 Å². The van der Waals surface area contributed by atoms with Crippen molar-refractivity contribution < 1.29 is 9.53 Å².